The SMILES string of the molecule is CCC.CCOC(=O)C[C@H](NC(=O)OCc1ccccc1)C(=O)NC(C(=O)NCC(=O)O)C1Cc2ccccc2C1. The molecule has 11 nitrogen and oxygen atoms in total. The molecule has 0 heterocycles. The second-order valence-corrected chi connectivity index (χ2v) is 9.51. The van der Waals surface area contributed by atoms with Crippen molar-refractivity contribution < 1.29 is 38.6 Å². The van der Waals surface area contributed by atoms with Crippen LogP contribution in [0.5, 0.6) is 0 Å². The molecule has 0 fully saturated rings. The molecule has 1 aliphatic carbocycles. The molecule has 1 aliphatic rings. The molecule has 3 rings (SSSR count). The summed E-state index contributed by atoms with van der Waals surface area (Å²) in [6, 6.07) is 14.0. The Morgan fingerprint density at radius 1 is 0.854 bits per heavy atom. The lowest BCUT2D eigenvalue weighted by Gasteiger charge is -2.26. The van der Waals surface area contributed by atoms with Crippen LogP contribution >= 0.6 is 0 Å². The Balaban J connectivity index is 0.00000187. The number of nitrogens with one attached hydrogen (secondary N) is 3. The van der Waals surface area contributed by atoms with Gasteiger partial charge in [-0.15, -0.1) is 0 Å². The second kappa shape index (κ2) is 17.3. The van der Waals surface area contributed by atoms with Crippen molar-refractivity contribution >= 4 is 29.8 Å². The molecule has 2 aromatic carbocycles. The third kappa shape index (κ3) is 11.3. The molecule has 0 saturated heterocycles. The topological polar surface area (TPSA) is 160 Å². The Labute approximate surface area is 240 Å². The van der Waals surface area contributed by atoms with Gasteiger partial charge in [-0.05, 0) is 42.4 Å². The fourth-order valence-electron chi connectivity index (χ4n) is 4.26. The van der Waals surface area contributed by atoms with Gasteiger partial charge in [0.15, 0.2) is 0 Å². The monoisotopic (exact) mass is 569 g/mol. The molecule has 1 unspecified atom stereocenters. The molecule has 4 N–H and O–H groups in total. The van der Waals surface area contributed by atoms with E-state index in [1.54, 1.807) is 31.2 Å². The molecule has 11 heteroatoms. The Morgan fingerprint density at radius 2 is 1.44 bits per heavy atom. The van der Waals surface area contributed by atoms with Gasteiger partial charge in [0.2, 0.25) is 11.8 Å². The quantitative estimate of drug-likeness (QED) is 0.284. The zero-order valence-corrected chi connectivity index (χ0v) is 23.7. The van der Waals surface area contributed by atoms with E-state index in [4.69, 9.17) is 14.6 Å². The minimum Gasteiger partial charge on any atom is -0.480 e. The highest BCUT2D eigenvalue weighted by Crippen LogP contribution is 2.29. The van der Waals surface area contributed by atoms with Gasteiger partial charge < -0.3 is 30.5 Å². The first kappa shape index (κ1) is 32.8. The lowest BCUT2D eigenvalue weighted by Crippen LogP contribution is -2.57. The van der Waals surface area contributed by atoms with E-state index in [0.717, 1.165) is 16.7 Å². The summed E-state index contributed by atoms with van der Waals surface area (Å²) in [5.41, 5.74) is 2.77. The van der Waals surface area contributed by atoms with Crippen LogP contribution in [0.3, 0.4) is 0 Å². The van der Waals surface area contributed by atoms with Gasteiger partial charge in [-0.1, -0.05) is 74.9 Å². The molecule has 2 atom stereocenters. The van der Waals surface area contributed by atoms with Crippen LogP contribution in [0.1, 0.15) is 50.3 Å². The predicted molar refractivity (Wildman–Crippen MR) is 151 cm³/mol. The Bertz CT molecular complexity index is 1150. The van der Waals surface area contributed by atoms with E-state index >= 15 is 0 Å². The number of hydrogen-bond acceptors (Lipinski definition) is 7. The highest BCUT2D eigenvalue weighted by Gasteiger charge is 2.36. The van der Waals surface area contributed by atoms with Gasteiger partial charge in [0.25, 0.3) is 0 Å². The molecule has 41 heavy (non-hydrogen) atoms. The van der Waals surface area contributed by atoms with Crippen molar-refractivity contribution in [2.45, 2.75) is 65.1 Å². The van der Waals surface area contributed by atoms with Gasteiger partial charge in [0, 0.05) is 0 Å². The lowest BCUT2D eigenvalue weighted by atomic mass is 9.95. The van der Waals surface area contributed by atoms with E-state index in [0.29, 0.717) is 12.8 Å². The van der Waals surface area contributed by atoms with E-state index in [9.17, 15) is 24.0 Å². The maximum absolute atomic E-state index is 13.3. The Morgan fingerprint density at radius 3 is 2.00 bits per heavy atom. The molecular formula is C30H39N3O8. The van der Waals surface area contributed by atoms with E-state index in [1.807, 2.05) is 30.3 Å². The van der Waals surface area contributed by atoms with Crippen molar-refractivity contribution in [3.8, 4) is 0 Å². The molecule has 222 valence electrons. The number of carbonyl (C=O) groups excluding carboxylic acids is 4. The zero-order chi connectivity index (χ0) is 30.2. The highest BCUT2D eigenvalue weighted by atomic mass is 16.5. The summed E-state index contributed by atoms with van der Waals surface area (Å²) in [6.07, 6.45) is 0.792. The number of carbonyl (C=O) groups is 5. The van der Waals surface area contributed by atoms with Crippen LogP contribution in [0.25, 0.3) is 0 Å². The summed E-state index contributed by atoms with van der Waals surface area (Å²) in [5.74, 6) is -3.81. The normalized spacial score (nSPS) is 13.3. The lowest BCUT2D eigenvalue weighted by molar-refractivity contribution is -0.145. The molecule has 3 amide bonds. The fraction of sp³-hybridized carbons (Fsp3) is 0.433. The van der Waals surface area contributed by atoms with E-state index < -0.39 is 54.9 Å². The number of carboxylic acids is 1. The summed E-state index contributed by atoms with van der Waals surface area (Å²) in [6.45, 7) is 5.25. The summed E-state index contributed by atoms with van der Waals surface area (Å²) < 4.78 is 10.1. The highest BCUT2D eigenvalue weighted by molar-refractivity contribution is 5.94. The van der Waals surface area contributed by atoms with Crippen molar-refractivity contribution in [3.05, 3.63) is 71.3 Å². The maximum atomic E-state index is 13.3. The molecule has 0 aliphatic heterocycles. The maximum Gasteiger partial charge on any atom is 0.408 e. The van der Waals surface area contributed by atoms with E-state index in [-0.39, 0.29) is 19.1 Å². The van der Waals surface area contributed by atoms with Crippen LogP contribution in [0.4, 0.5) is 4.79 Å². The van der Waals surface area contributed by atoms with Crippen molar-refractivity contribution in [1.29, 1.82) is 0 Å². The first-order chi connectivity index (χ1) is 19.7. The number of fused-ring (bicyclic) bond motifs is 1. The van der Waals surface area contributed by atoms with Crippen LogP contribution in [-0.4, -0.2) is 60.2 Å². The number of aliphatic carboxylic acids is 1. The minimum atomic E-state index is -1.39. The molecule has 0 radical (unpaired) electrons. The summed E-state index contributed by atoms with van der Waals surface area (Å²) in [4.78, 5) is 61.9. The molecule has 0 spiro atoms. The Hall–Kier alpha value is -4.41. The first-order valence-electron chi connectivity index (χ1n) is 13.7. The zero-order valence-electron chi connectivity index (χ0n) is 23.7. The number of ether oxygens (including phenoxy) is 2. The predicted octanol–water partition coefficient (Wildman–Crippen LogP) is 2.75. The van der Waals surface area contributed by atoms with E-state index in [2.05, 4.69) is 29.8 Å². The van der Waals surface area contributed by atoms with Crippen molar-refractivity contribution in [2.75, 3.05) is 13.2 Å². The molecule has 0 bridgehead atoms. The number of esters is 1. The standard InChI is InChI=1S/C27H31N3O8.C3H8/c1-2-37-23(33)14-21(29-27(36)38-16-17-8-4-3-5-9-17)25(34)30-24(26(35)28-15-22(31)32)20-12-18-10-6-7-11-19(18)13-20;1-3-2/h3-11,20-21,24H,2,12-16H2,1H3,(H,28,35)(H,29,36)(H,30,34)(H,31,32);3H2,1-2H3/t21-,24?;/m0./s1. The van der Waals surface area contributed by atoms with Gasteiger partial charge in [-0.2, -0.15) is 0 Å². The first-order valence-corrected chi connectivity index (χ1v) is 13.7. The third-order valence-corrected chi connectivity index (χ3v) is 6.05. The molecule has 0 saturated carbocycles. The van der Waals surface area contributed by atoms with Gasteiger partial charge in [0.05, 0.1) is 13.0 Å². The van der Waals surface area contributed by atoms with Crippen LogP contribution < -0.4 is 16.0 Å². The number of amides is 3. The molecular weight excluding hydrogens is 530 g/mol. The third-order valence-electron chi connectivity index (χ3n) is 6.05. The summed E-state index contributed by atoms with van der Waals surface area (Å²) in [7, 11) is 0. The number of hydrogen-bond donors (Lipinski definition) is 4. The number of carboxylic acid groups (broad SMARTS) is 1. The summed E-state index contributed by atoms with van der Waals surface area (Å²) >= 11 is 0. The Kier molecular flexibility index (Phi) is 13.9. The number of rotatable bonds is 12. The van der Waals surface area contributed by atoms with Crippen molar-refractivity contribution in [3.63, 3.8) is 0 Å². The van der Waals surface area contributed by atoms with Crippen LogP contribution in [0, 0.1) is 5.92 Å². The van der Waals surface area contributed by atoms with Crippen LogP contribution in [0.15, 0.2) is 54.6 Å². The van der Waals surface area contributed by atoms with Gasteiger partial charge in [-0.3, -0.25) is 19.2 Å². The van der Waals surface area contributed by atoms with Crippen LogP contribution in [-0.2, 0) is 48.1 Å². The smallest absolute Gasteiger partial charge is 0.408 e. The van der Waals surface area contributed by atoms with Gasteiger partial charge in [-0.25, -0.2) is 4.79 Å². The average molecular weight is 570 g/mol. The number of benzene rings is 2. The number of alkyl carbamates (subject to hydrolysis) is 1. The second-order valence-electron chi connectivity index (χ2n) is 9.51. The molecule has 0 aromatic heterocycles. The van der Waals surface area contributed by atoms with E-state index in [1.165, 1.54) is 6.42 Å². The minimum absolute atomic E-state index is 0.0546. The van der Waals surface area contributed by atoms with Gasteiger partial charge >= 0.3 is 18.0 Å². The van der Waals surface area contributed by atoms with Crippen LogP contribution in [0.2, 0.25) is 0 Å². The van der Waals surface area contributed by atoms with Crippen molar-refractivity contribution in [2.24, 2.45) is 5.92 Å². The van der Waals surface area contributed by atoms with Crippen molar-refractivity contribution in [1.82, 2.24) is 16.0 Å². The van der Waals surface area contributed by atoms with Gasteiger partial charge in [0.1, 0.15) is 25.2 Å². The largest absolute Gasteiger partial charge is 0.480 e. The molecule has 2 aromatic rings. The summed E-state index contributed by atoms with van der Waals surface area (Å²) in [5, 5.41) is 16.3. The fourth-order valence-corrected chi connectivity index (χ4v) is 4.26. The average Bonchev–Trinajstić information content (AvgIpc) is 3.38.